The smallest absolute Gasteiger partial charge is 0.197 e. The summed E-state index contributed by atoms with van der Waals surface area (Å²) in [6.07, 6.45) is 1.60. The summed E-state index contributed by atoms with van der Waals surface area (Å²) in [6.45, 7) is 0. The maximum atomic E-state index is 13.0. The Morgan fingerprint density at radius 2 is 2.12 bits per heavy atom. The van der Waals surface area contributed by atoms with Crippen molar-refractivity contribution >= 4 is 23.2 Å². The lowest BCUT2D eigenvalue weighted by Gasteiger charge is -1.94. The first kappa shape index (κ1) is 10.2. The summed E-state index contributed by atoms with van der Waals surface area (Å²) in [5.74, 6) is 0.326. The maximum Gasteiger partial charge on any atom is 0.197 e. The molecular formula is C12H7FN2OS. The van der Waals surface area contributed by atoms with Crippen molar-refractivity contribution in [3.63, 3.8) is 0 Å². The minimum absolute atomic E-state index is 0.285. The molecule has 17 heavy (non-hydrogen) atoms. The molecule has 0 bridgehead atoms. The third-order valence-corrected chi connectivity index (χ3v) is 2.63. The van der Waals surface area contributed by atoms with E-state index in [1.165, 1.54) is 12.1 Å². The van der Waals surface area contributed by atoms with E-state index in [0.29, 0.717) is 16.1 Å². The van der Waals surface area contributed by atoms with Gasteiger partial charge in [0.2, 0.25) is 0 Å². The summed E-state index contributed by atoms with van der Waals surface area (Å²) in [5.41, 5.74) is 1.36. The molecule has 0 atom stereocenters. The molecular weight excluding hydrogens is 239 g/mol. The van der Waals surface area contributed by atoms with Crippen molar-refractivity contribution in [1.82, 2.24) is 9.97 Å². The molecule has 0 amide bonds. The lowest BCUT2D eigenvalue weighted by molar-refractivity contribution is 0.617. The zero-order chi connectivity index (χ0) is 11.8. The van der Waals surface area contributed by atoms with Crippen LogP contribution in [-0.2, 0) is 0 Å². The molecule has 2 heterocycles. The summed E-state index contributed by atoms with van der Waals surface area (Å²) >= 11 is 4.93. The molecule has 0 fully saturated rings. The molecule has 3 aromatic rings. The predicted molar refractivity (Wildman–Crippen MR) is 64.6 cm³/mol. The highest BCUT2D eigenvalue weighted by Crippen LogP contribution is 2.26. The van der Waals surface area contributed by atoms with Crippen molar-refractivity contribution in [2.75, 3.05) is 0 Å². The number of aromatic amines is 1. The number of hydrogen-bond donors (Lipinski definition) is 1. The van der Waals surface area contributed by atoms with Gasteiger partial charge in [-0.25, -0.2) is 9.37 Å². The molecule has 2 aromatic heterocycles. The van der Waals surface area contributed by atoms with Gasteiger partial charge < -0.3 is 9.40 Å². The van der Waals surface area contributed by atoms with Gasteiger partial charge in [0.15, 0.2) is 10.5 Å². The van der Waals surface area contributed by atoms with Gasteiger partial charge in [0.25, 0.3) is 0 Å². The molecule has 0 aliphatic heterocycles. The minimum atomic E-state index is -0.285. The van der Waals surface area contributed by atoms with Crippen molar-refractivity contribution in [2.24, 2.45) is 0 Å². The van der Waals surface area contributed by atoms with Crippen LogP contribution in [0.5, 0.6) is 0 Å². The Morgan fingerprint density at radius 1 is 1.24 bits per heavy atom. The Labute approximate surface area is 101 Å². The van der Waals surface area contributed by atoms with Crippen LogP contribution in [0.15, 0.2) is 40.9 Å². The zero-order valence-corrected chi connectivity index (χ0v) is 9.42. The van der Waals surface area contributed by atoms with Crippen LogP contribution in [0.4, 0.5) is 4.39 Å². The van der Waals surface area contributed by atoms with Gasteiger partial charge in [-0.15, -0.1) is 0 Å². The van der Waals surface area contributed by atoms with Crippen LogP contribution in [0.1, 0.15) is 0 Å². The molecule has 5 heteroatoms. The first-order valence-electron chi connectivity index (χ1n) is 4.97. The predicted octanol–water partition coefficient (Wildman–Crippen LogP) is 3.69. The monoisotopic (exact) mass is 246 g/mol. The van der Waals surface area contributed by atoms with Crippen molar-refractivity contribution in [3.8, 4) is 11.5 Å². The van der Waals surface area contributed by atoms with Crippen molar-refractivity contribution in [1.29, 1.82) is 0 Å². The lowest BCUT2D eigenvalue weighted by Crippen LogP contribution is -1.83. The second kappa shape index (κ2) is 3.78. The molecule has 0 spiro atoms. The highest BCUT2D eigenvalue weighted by molar-refractivity contribution is 7.71. The van der Waals surface area contributed by atoms with E-state index in [1.807, 2.05) is 0 Å². The van der Waals surface area contributed by atoms with Gasteiger partial charge in [0.1, 0.15) is 11.4 Å². The summed E-state index contributed by atoms with van der Waals surface area (Å²) in [5, 5.41) is 0.719. The number of H-pyrrole nitrogens is 1. The molecule has 84 valence electrons. The van der Waals surface area contributed by atoms with Crippen LogP contribution in [0, 0.1) is 10.6 Å². The number of rotatable bonds is 1. The highest BCUT2D eigenvalue weighted by Gasteiger charge is 2.07. The number of furan rings is 1. The van der Waals surface area contributed by atoms with Crippen LogP contribution in [-0.4, -0.2) is 9.97 Å². The summed E-state index contributed by atoms with van der Waals surface area (Å²) in [4.78, 5) is 6.81. The van der Waals surface area contributed by atoms with E-state index in [9.17, 15) is 4.39 Å². The average molecular weight is 246 g/mol. The van der Waals surface area contributed by atoms with Gasteiger partial charge in [-0.1, -0.05) is 0 Å². The van der Waals surface area contributed by atoms with E-state index < -0.39 is 0 Å². The van der Waals surface area contributed by atoms with E-state index in [1.54, 1.807) is 24.4 Å². The fraction of sp³-hybridized carbons (Fsp3) is 0. The first-order chi connectivity index (χ1) is 8.22. The second-order valence-corrected chi connectivity index (χ2v) is 3.97. The third-order valence-electron chi connectivity index (χ3n) is 2.42. The molecule has 0 aliphatic carbocycles. The van der Waals surface area contributed by atoms with Crippen LogP contribution in [0.25, 0.3) is 22.4 Å². The number of hydrogen-bond acceptors (Lipinski definition) is 3. The van der Waals surface area contributed by atoms with Gasteiger partial charge in [0, 0.05) is 11.6 Å². The lowest BCUT2D eigenvalue weighted by atomic mass is 10.2. The molecule has 1 N–H and O–H groups in total. The zero-order valence-electron chi connectivity index (χ0n) is 8.61. The van der Waals surface area contributed by atoms with Crippen molar-refractivity contribution in [3.05, 3.63) is 47.1 Å². The molecule has 3 nitrogen and oxygen atoms in total. The van der Waals surface area contributed by atoms with Gasteiger partial charge in [0.05, 0.1) is 5.69 Å². The van der Waals surface area contributed by atoms with Gasteiger partial charge in [-0.2, -0.15) is 0 Å². The molecule has 0 aliphatic rings. The Balaban J connectivity index is 2.21. The van der Waals surface area contributed by atoms with E-state index in [4.69, 9.17) is 16.6 Å². The maximum absolute atomic E-state index is 13.0. The highest BCUT2D eigenvalue weighted by atomic mass is 32.1. The minimum Gasteiger partial charge on any atom is -0.455 e. The number of halogens is 1. The topological polar surface area (TPSA) is 41.8 Å². The molecule has 3 rings (SSSR count). The van der Waals surface area contributed by atoms with E-state index in [-0.39, 0.29) is 5.82 Å². The fourth-order valence-corrected chi connectivity index (χ4v) is 1.83. The van der Waals surface area contributed by atoms with Crippen LogP contribution >= 0.6 is 12.2 Å². The average Bonchev–Trinajstić information content (AvgIpc) is 2.72. The van der Waals surface area contributed by atoms with E-state index in [0.717, 1.165) is 11.1 Å². The molecule has 0 saturated heterocycles. The summed E-state index contributed by atoms with van der Waals surface area (Å²) in [7, 11) is 0. The Bertz CT molecular complexity index is 747. The van der Waals surface area contributed by atoms with E-state index in [2.05, 4.69) is 9.97 Å². The standard InChI is InChI=1S/C12H7FN2OS/c13-8-1-2-10-7(5-8)6-11(16-10)9-3-4-14-12(17)15-9/h1-6H,(H,14,15,17). The molecule has 0 saturated carbocycles. The van der Waals surface area contributed by atoms with Crippen LogP contribution in [0.3, 0.4) is 0 Å². The number of nitrogens with one attached hydrogen (secondary N) is 1. The van der Waals surface area contributed by atoms with E-state index >= 15 is 0 Å². The molecule has 1 aromatic carbocycles. The number of benzene rings is 1. The SMILES string of the molecule is Fc1ccc2oc(-c3ccnc(=S)[nH]3)cc2c1. The normalized spacial score (nSPS) is 10.9. The fourth-order valence-electron chi connectivity index (χ4n) is 1.66. The first-order valence-corrected chi connectivity index (χ1v) is 5.38. The van der Waals surface area contributed by atoms with Crippen LogP contribution < -0.4 is 0 Å². The Morgan fingerprint density at radius 3 is 2.94 bits per heavy atom. The van der Waals surface area contributed by atoms with Gasteiger partial charge in [-0.05, 0) is 42.5 Å². The van der Waals surface area contributed by atoms with Crippen LogP contribution in [0.2, 0.25) is 0 Å². The van der Waals surface area contributed by atoms with Gasteiger partial charge >= 0.3 is 0 Å². The van der Waals surface area contributed by atoms with Crippen molar-refractivity contribution in [2.45, 2.75) is 0 Å². The quantitative estimate of drug-likeness (QED) is 0.666. The summed E-state index contributed by atoms with van der Waals surface area (Å²) < 4.78 is 19.0. The van der Waals surface area contributed by atoms with Gasteiger partial charge in [-0.3, -0.25) is 0 Å². The number of fused-ring (bicyclic) bond motifs is 1. The number of aromatic nitrogens is 2. The Kier molecular flexibility index (Phi) is 2.26. The molecule has 0 unspecified atom stereocenters. The summed E-state index contributed by atoms with van der Waals surface area (Å²) in [6, 6.07) is 7.91. The Hall–Kier alpha value is -2.01. The number of nitrogens with zero attached hydrogens (tertiary/aromatic N) is 1. The second-order valence-electron chi connectivity index (χ2n) is 3.58. The largest absolute Gasteiger partial charge is 0.455 e. The van der Waals surface area contributed by atoms with Crippen molar-refractivity contribution < 1.29 is 8.81 Å². The third kappa shape index (κ3) is 1.85. The molecule has 0 radical (unpaired) electrons.